The molecule has 1 aromatic heterocycles. The van der Waals surface area contributed by atoms with Crippen molar-refractivity contribution in [3.05, 3.63) is 125 Å². The molecule has 1 heterocycles. The fourth-order valence-corrected chi connectivity index (χ4v) is 5.91. The van der Waals surface area contributed by atoms with Crippen molar-refractivity contribution in [2.24, 2.45) is 0 Å². The first-order valence-electron chi connectivity index (χ1n) is 13.4. The smallest absolute Gasteiger partial charge is 0.159 e. The Bertz CT molecular complexity index is 1890. The third-order valence-corrected chi connectivity index (χ3v) is 7.68. The zero-order valence-electron chi connectivity index (χ0n) is 21.7. The molecule has 1 aliphatic rings. The number of allylic oxidation sites excluding steroid dienone is 2. The zero-order valence-corrected chi connectivity index (χ0v) is 21.7. The van der Waals surface area contributed by atoms with E-state index in [1.807, 2.05) is 0 Å². The molecule has 0 atom stereocenters. The minimum atomic E-state index is 0.910. The monoisotopic (exact) mass is 491 g/mol. The summed E-state index contributed by atoms with van der Waals surface area (Å²) >= 11 is 0. The lowest BCUT2D eigenvalue weighted by molar-refractivity contribution is 0.666. The molecule has 0 N–H and O–H groups in total. The van der Waals surface area contributed by atoms with Crippen LogP contribution in [0, 0.1) is 6.92 Å². The minimum absolute atomic E-state index is 0.910. The maximum Gasteiger partial charge on any atom is 0.159 e. The summed E-state index contributed by atoms with van der Waals surface area (Å²) in [7, 11) is 0. The number of benzene rings is 5. The molecule has 0 saturated carbocycles. The highest BCUT2D eigenvalue weighted by Gasteiger charge is 2.23. The van der Waals surface area contributed by atoms with Crippen LogP contribution in [0.3, 0.4) is 0 Å². The molecule has 0 fully saturated rings. The van der Waals surface area contributed by atoms with Gasteiger partial charge >= 0.3 is 0 Å². The molecule has 7 rings (SSSR count). The summed E-state index contributed by atoms with van der Waals surface area (Å²) in [5, 5.41) is 4.89. The van der Waals surface area contributed by atoms with Gasteiger partial charge in [0.2, 0.25) is 0 Å². The van der Waals surface area contributed by atoms with E-state index < -0.39 is 0 Å². The van der Waals surface area contributed by atoms with E-state index in [1.165, 1.54) is 27.5 Å². The van der Waals surface area contributed by atoms with E-state index in [9.17, 15) is 0 Å². The van der Waals surface area contributed by atoms with Gasteiger partial charge in [0.1, 0.15) is 5.58 Å². The van der Waals surface area contributed by atoms with Crippen LogP contribution in [0.2, 0.25) is 0 Å². The average molecular weight is 492 g/mol. The number of fused-ring (bicyclic) bond motifs is 3. The quantitative estimate of drug-likeness (QED) is 0.238. The Hall–Kier alpha value is -4.56. The van der Waals surface area contributed by atoms with Gasteiger partial charge in [0, 0.05) is 21.8 Å². The first kappa shape index (κ1) is 22.6. The second-order valence-corrected chi connectivity index (χ2v) is 10.0. The number of rotatable bonds is 5. The molecular formula is C36H29NO. The summed E-state index contributed by atoms with van der Waals surface area (Å²) in [5.41, 5.74) is 10.3. The molecule has 0 spiro atoms. The second kappa shape index (κ2) is 9.08. The second-order valence-electron chi connectivity index (χ2n) is 10.0. The van der Waals surface area contributed by atoms with E-state index in [0.29, 0.717) is 0 Å². The van der Waals surface area contributed by atoms with Crippen LogP contribution in [-0.4, -0.2) is 0 Å². The van der Waals surface area contributed by atoms with Crippen molar-refractivity contribution in [1.82, 2.24) is 0 Å². The normalized spacial score (nSPS) is 12.8. The number of hydrogen-bond acceptors (Lipinski definition) is 2. The molecule has 0 amide bonds. The Kier molecular flexibility index (Phi) is 5.40. The van der Waals surface area contributed by atoms with Gasteiger partial charge in [0.05, 0.1) is 11.4 Å². The Labute approximate surface area is 223 Å². The molecular weight excluding hydrogens is 462 g/mol. The third-order valence-electron chi connectivity index (χ3n) is 7.68. The molecule has 184 valence electrons. The van der Waals surface area contributed by atoms with Crippen molar-refractivity contribution in [3.8, 4) is 0 Å². The van der Waals surface area contributed by atoms with Crippen LogP contribution in [0.15, 0.2) is 108 Å². The predicted molar refractivity (Wildman–Crippen MR) is 163 cm³/mol. The highest BCUT2D eigenvalue weighted by Crippen LogP contribution is 2.46. The highest BCUT2D eigenvalue weighted by molar-refractivity contribution is 6.13. The Morgan fingerprint density at radius 2 is 1.58 bits per heavy atom. The SMILES string of the molecule is CC/C=C\c1ccc2c(N(c3ccccc3)c3cccc4c3oc3c(C)cccc34)ccc3c2c1CC=C3. The van der Waals surface area contributed by atoms with Crippen LogP contribution in [0.5, 0.6) is 0 Å². The van der Waals surface area contributed by atoms with Crippen molar-refractivity contribution in [2.75, 3.05) is 4.90 Å². The first-order chi connectivity index (χ1) is 18.7. The molecule has 38 heavy (non-hydrogen) atoms. The Morgan fingerprint density at radius 3 is 2.42 bits per heavy atom. The summed E-state index contributed by atoms with van der Waals surface area (Å²) < 4.78 is 6.63. The van der Waals surface area contributed by atoms with Crippen LogP contribution < -0.4 is 4.90 Å². The van der Waals surface area contributed by atoms with E-state index >= 15 is 0 Å². The van der Waals surface area contributed by atoms with Gasteiger partial charge < -0.3 is 9.32 Å². The number of nitrogens with zero attached hydrogens (tertiary/aromatic N) is 1. The van der Waals surface area contributed by atoms with Gasteiger partial charge in [-0.25, -0.2) is 0 Å². The van der Waals surface area contributed by atoms with Gasteiger partial charge in [-0.1, -0.05) is 98.0 Å². The number of hydrogen-bond donors (Lipinski definition) is 0. The first-order valence-corrected chi connectivity index (χ1v) is 13.4. The Balaban J connectivity index is 1.55. The van der Waals surface area contributed by atoms with Crippen LogP contribution in [0.25, 0.3) is 44.9 Å². The lowest BCUT2D eigenvalue weighted by atomic mass is 9.88. The van der Waals surface area contributed by atoms with Gasteiger partial charge in [-0.2, -0.15) is 0 Å². The van der Waals surface area contributed by atoms with E-state index in [0.717, 1.165) is 57.4 Å². The van der Waals surface area contributed by atoms with Gasteiger partial charge in [0.15, 0.2) is 5.58 Å². The van der Waals surface area contributed by atoms with E-state index in [2.05, 4.69) is 134 Å². The molecule has 0 bridgehead atoms. The van der Waals surface area contributed by atoms with Crippen molar-refractivity contribution in [2.45, 2.75) is 26.7 Å². The number of para-hydroxylation sites is 3. The summed E-state index contributed by atoms with van der Waals surface area (Å²) in [6.07, 6.45) is 11.1. The summed E-state index contributed by atoms with van der Waals surface area (Å²) in [6.45, 7) is 4.30. The van der Waals surface area contributed by atoms with Crippen molar-refractivity contribution < 1.29 is 4.42 Å². The van der Waals surface area contributed by atoms with E-state index in [4.69, 9.17) is 4.42 Å². The lowest BCUT2D eigenvalue weighted by Crippen LogP contribution is -2.11. The molecule has 0 aliphatic heterocycles. The maximum absolute atomic E-state index is 6.63. The molecule has 2 heteroatoms. The highest BCUT2D eigenvalue weighted by atomic mass is 16.3. The fraction of sp³-hybridized carbons (Fsp3) is 0.111. The molecule has 6 aromatic rings. The molecule has 0 radical (unpaired) electrons. The van der Waals surface area contributed by atoms with Gasteiger partial charge in [-0.15, -0.1) is 0 Å². The van der Waals surface area contributed by atoms with Crippen molar-refractivity contribution in [3.63, 3.8) is 0 Å². The van der Waals surface area contributed by atoms with E-state index in [1.54, 1.807) is 0 Å². The summed E-state index contributed by atoms with van der Waals surface area (Å²) in [6, 6.07) is 32.6. The van der Waals surface area contributed by atoms with Gasteiger partial charge in [-0.3, -0.25) is 0 Å². The molecule has 0 unspecified atom stereocenters. The van der Waals surface area contributed by atoms with Gasteiger partial charge in [0.25, 0.3) is 0 Å². The largest absolute Gasteiger partial charge is 0.454 e. The number of furan rings is 1. The minimum Gasteiger partial charge on any atom is -0.454 e. The topological polar surface area (TPSA) is 16.4 Å². The fourth-order valence-electron chi connectivity index (χ4n) is 5.91. The average Bonchev–Trinajstić information content (AvgIpc) is 3.35. The molecule has 0 saturated heterocycles. The lowest BCUT2D eigenvalue weighted by Gasteiger charge is -2.28. The molecule has 2 nitrogen and oxygen atoms in total. The predicted octanol–water partition coefficient (Wildman–Crippen LogP) is 10.5. The zero-order chi connectivity index (χ0) is 25.6. The van der Waals surface area contributed by atoms with Crippen LogP contribution in [0.4, 0.5) is 17.1 Å². The van der Waals surface area contributed by atoms with E-state index in [-0.39, 0.29) is 0 Å². The van der Waals surface area contributed by atoms with Crippen molar-refractivity contribution in [1.29, 1.82) is 0 Å². The standard InChI is InChI=1S/C36H29NO/c1-3-4-12-25-20-22-31-32(23-21-26-13-9-16-28(25)34(26)31)37(27-14-6-5-7-15-27)33-19-10-18-30-29-17-8-11-24(2)35(29)38-36(30)33/h4-15,17-23H,3,16H2,1-2H3/b12-4-. The van der Waals surface area contributed by atoms with Crippen LogP contribution in [-0.2, 0) is 6.42 Å². The van der Waals surface area contributed by atoms with Crippen molar-refractivity contribution >= 4 is 61.9 Å². The number of anilines is 3. The van der Waals surface area contributed by atoms with Crippen LogP contribution in [0.1, 0.15) is 35.6 Å². The summed E-state index contributed by atoms with van der Waals surface area (Å²) in [4.78, 5) is 2.36. The summed E-state index contributed by atoms with van der Waals surface area (Å²) in [5.74, 6) is 0. The van der Waals surface area contributed by atoms with Gasteiger partial charge in [-0.05, 0) is 71.7 Å². The number of aryl methyl sites for hydroxylation is 1. The molecule has 5 aromatic carbocycles. The third kappa shape index (κ3) is 3.48. The van der Waals surface area contributed by atoms with Crippen LogP contribution >= 0.6 is 0 Å². The maximum atomic E-state index is 6.63. The Morgan fingerprint density at radius 1 is 0.763 bits per heavy atom. The molecule has 1 aliphatic carbocycles.